The monoisotopic (exact) mass is 605 g/mol. The molecule has 0 saturated carbocycles. The van der Waals surface area contributed by atoms with Gasteiger partial charge in [0.2, 0.25) is 11.8 Å². The molecule has 2 amide bonds. The van der Waals surface area contributed by atoms with Crippen LogP contribution in [0.1, 0.15) is 31.9 Å². The highest BCUT2D eigenvalue weighted by molar-refractivity contribution is 7.92. The fraction of sp³-hybridized carbons (Fsp3) is 0.310. The van der Waals surface area contributed by atoms with E-state index in [1.165, 1.54) is 24.1 Å². The Balaban J connectivity index is 2.09. The van der Waals surface area contributed by atoms with E-state index in [4.69, 9.17) is 27.9 Å². The first kappa shape index (κ1) is 31.3. The van der Waals surface area contributed by atoms with Gasteiger partial charge in [-0.3, -0.25) is 13.9 Å². The molecule has 0 aliphatic rings. The Morgan fingerprint density at radius 1 is 0.975 bits per heavy atom. The second-order valence-electron chi connectivity index (χ2n) is 9.59. The highest BCUT2D eigenvalue weighted by Gasteiger charge is 2.34. The van der Waals surface area contributed by atoms with Gasteiger partial charge < -0.3 is 15.0 Å². The minimum Gasteiger partial charge on any atom is -0.495 e. The van der Waals surface area contributed by atoms with Crippen molar-refractivity contribution in [2.45, 2.75) is 51.2 Å². The zero-order chi connectivity index (χ0) is 29.6. The number of para-hydroxylation sites is 2. The van der Waals surface area contributed by atoms with E-state index in [2.05, 4.69) is 5.32 Å². The van der Waals surface area contributed by atoms with Crippen LogP contribution in [0.15, 0.2) is 71.6 Å². The van der Waals surface area contributed by atoms with E-state index in [-0.39, 0.29) is 28.9 Å². The van der Waals surface area contributed by atoms with Crippen LogP contribution in [0.5, 0.6) is 5.75 Å². The van der Waals surface area contributed by atoms with Crippen LogP contribution in [0.3, 0.4) is 0 Å². The summed E-state index contributed by atoms with van der Waals surface area (Å²) < 4.78 is 34.4. The Hall–Kier alpha value is -3.27. The predicted molar refractivity (Wildman–Crippen MR) is 158 cm³/mol. The molecule has 11 heteroatoms. The summed E-state index contributed by atoms with van der Waals surface area (Å²) in [5, 5.41) is 3.55. The minimum absolute atomic E-state index is 0.00898. The van der Waals surface area contributed by atoms with Crippen molar-refractivity contribution in [3.63, 3.8) is 0 Å². The summed E-state index contributed by atoms with van der Waals surface area (Å²) >= 11 is 12.5. The molecule has 0 unspecified atom stereocenters. The number of anilines is 1. The lowest BCUT2D eigenvalue weighted by atomic mass is 10.1. The average molecular weight is 607 g/mol. The van der Waals surface area contributed by atoms with Crippen LogP contribution in [-0.2, 0) is 26.2 Å². The summed E-state index contributed by atoms with van der Waals surface area (Å²) in [5.41, 5.74) is 1.62. The van der Waals surface area contributed by atoms with Gasteiger partial charge >= 0.3 is 0 Å². The Kier molecular flexibility index (Phi) is 10.5. The number of ether oxygens (including phenoxy) is 1. The van der Waals surface area contributed by atoms with Gasteiger partial charge in [0.15, 0.2) is 0 Å². The Bertz CT molecular complexity index is 1460. The molecule has 0 spiro atoms. The van der Waals surface area contributed by atoms with Gasteiger partial charge in [0.1, 0.15) is 18.3 Å². The standard InChI is InChI=1S/C29H33Cl2N3O5S/c1-19(2)32-29(36)21(4)33(17-22-12-13-23(30)16-25(22)31)28(35)18-34(26-8-6-7-9-27(26)39-5)40(37,38)24-14-10-20(3)11-15-24/h6-16,19,21H,17-18H2,1-5H3,(H,32,36)/t21-/m0/s1. The number of carbonyl (C=O) groups excluding carboxylic acids is 2. The highest BCUT2D eigenvalue weighted by Crippen LogP contribution is 2.33. The third-order valence-corrected chi connectivity index (χ3v) is 8.56. The van der Waals surface area contributed by atoms with E-state index >= 15 is 0 Å². The van der Waals surface area contributed by atoms with Crippen LogP contribution >= 0.6 is 23.2 Å². The molecule has 0 fully saturated rings. The third kappa shape index (κ3) is 7.47. The molecule has 1 N–H and O–H groups in total. The van der Waals surface area contributed by atoms with E-state index in [9.17, 15) is 18.0 Å². The van der Waals surface area contributed by atoms with Gasteiger partial charge in [0.05, 0.1) is 17.7 Å². The minimum atomic E-state index is -4.22. The Morgan fingerprint density at radius 3 is 2.23 bits per heavy atom. The molecule has 0 radical (unpaired) electrons. The topological polar surface area (TPSA) is 96.0 Å². The molecule has 40 heavy (non-hydrogen) atoms. The maximum atomic E-state index is 14.0. The number of hydrogen-bond acceptors (Lipinski definition) is 5. The lowest BCUT2D eigenvalue weighted by molar-refractivity contribution is -0.139. The normalized spacial score (nSPS) is 12.1. The molecule has 0 bridgehead atoms. The van der Waals surface area contributed by atoms with Crippen LogP contribution in [0.2, 0.25) is 10.0 Å². The second kappa shape index (κ2) is 13.4. The van der Waals surface area contributed by atoms with Gasteiger partial charge in [-0.15, -0.1) is 0 Å². The number of rotatable bonds is 11. The first-order chi connectivity index (χ1) is 18.8. The van der Waals surface area contributed by atoms with Crippen molar-refractivity contribution < 1.29 is 22.7 Å². The Morgan fingerprint density at radius 2 is 1.62 bits per heavy atom. The van der Waals surface area contributed by atoms with Crippen LogP contribution < -0.4 is 14.4 Å². The van der Waals surface area contributed by atoms with E-state index < -0.39 is 34.4 Å². The zero-order valence-corrected chi connectivity index (χ0v) is 25.3. The van der Waals surface area contributed by atoms with Crippen molar-refractivity contribution in [3.05, 3.63) is 87.9 Å². The molecule has 0 heterocycles. The number of carbonyl (C=O) groups is 2. The lowest BCUT2D eigenvalue weighted by Gasteiger charge is -2.32. The van der Waals surface area contributed by atoms with E-state index in [0.717, 1.165) is 9.87 Å². The van der Waals surface area contributed by atoms with Crippen LogP contribution in [0.4, 0.5) is 5.69 Å². The number of halogens is 2. The molecule has 3 rings (SSSR count). The third-order valence-electron chi connectivity index (χ3n) is 6.20. The zero-order valence-electron chi connectivity index (χ0n) is 23.0. The summed E-state index contributed by atoms with van der Waals surface area (Å²) in [6.45, 7) is 6.41. The molecule has 0 aromatic heterocycles. The quantitative estimate of drug-likeness (QED) is 0.313. The molecule has 3 aromatic rings. The van der Waals surface area contributed by atoms with Crippen molar-refractivity contribution >= 4 is 50.7 Å². The van der Waals surface area contributed by atoms with Gasteiger partial charge in [-0.1, -0.05) is 59.1 Å². The fourth-order valence-electron chi connectivity index (χ4n) is 4.01. The molecule has 0 aliphatic carbocycles. The van der Waals surface area contributed by atoms with E-state index in [1.807, 2.05) is 20.8 Å². The largest absolute Gasteiger partial charge is 0.495 e. The number of sulfonamides is 1. The lowest BCUT2D eigenvalue weighted by Crippen LogP contribution is -2.52. The molecule has 3 aromatic carbocycles. The number of benzene rings is 3. The van der Waals surface area contributed by atoms with Crippen molar-refractivity contribution in [2.24, 2.45) is 0 Å². The summed E-state index contributed by atoms with van der Waals surface area (Å²) in [5.74, 6) is -0.735. The number of amides is 2. The summed E-state index contributed by atoms with van der Waals surface area (Å²) in [6, 6.07) is 16.6. The molecule has 1 atom stereocenters. The van der Waals surface area contributed by atoms with Crippen molar-refractivity contribution in [1.29, 1.82) is 0 Å². The number of nitrogens with one attached hydrogen (secondary N) is 1. The predicted octanol–water partition coefficient (Wildman–Crippen LogP) is 5.45. The van der Waals surface area contributed by atoms with Crippen LogP contribution in [-0.4, -0.2) is 50.9 Å². The summed E-state index contributed by atoms with van der Waals surface area (Å²) in [7, 11) is -2.80. The van der Waals surface area contributed by atoms with Crippen molar-refractivity contribution in [2.75, 3.05) is 18.0 Å². The molecular weight excluding hydrogens is 573 g/mol. The highest BCUT2D eigenvalue weighted by atomic mass is 35.5. The molecule has 0 aliphatic heterocycles. The SMILES string of the molecule is COc1ccccc1N(CC(=O)N(Cc1ccc(Cl)cc1Cl)[C@@H](C)C(=O)NC(C)C)S(=O)(=O)c1ccc(C)cc1. The first-order valence-corrected chi connectivity index (χ1v) is 14.8. The van der Waals surface area contributed by atoms with Gasteiger partial charge in [-0.2, -0.15) is 0 Å². The molecule has 214 valence electrons. The molecular formula is C29H33Cl2N3O5S. The van der Waals surface area contributed by atoms with Gasteiger partial charge in [0.25, 0.3) is 10.0 Å². The summed E-state index contributed by atoms with van der Waals surface area (Å²) in [4.78, 5) is 28.3. The number of nitrogens with zero attached hydrogens (tertiary/aromatic N) is 2. The molecule has 0 saturated heterocycles. The average Bonchev–Trinajstić information content (AvgIpc) is 2.90. The maximum absolute atomic E-state index is 14.0. The smallest absolute Gasteiger partial charge is 0.264 e. The van der Waals surface area contributed by atoms with Gasteiger partial charge in [-0.05, 0) is 69.7 Å². The van der Waals surface area contributed by atoms with Crippen molar-refractivity contribution in [1.82, 2.24) is 10.2 Å². The van der Waals surface area contributed by atoms with E-state index in [0.29, 0.717) is 15.6 Å². The van der Waals surface area contributed by atoms with Gasteiger partial charge in [0, 0.05) is 22.6 Å². The van der Waals surface area contributed by atoms with Crippen LogP contribution in [0, 0.1) is 6.92 Å². The molecule has 8 nitrogen and oxygen atoms in total. The number of hydrogen-bond donors (Lipinski definition) is 1. The summed E-state index contributed by atoms with van der Waals surface area (Å²) in [6.07, 6.45) is 0. The van der Waals surface area contributed by atoms with E-state index in [1.54, 1.807) is 61.5 Å². The van der Waals surface area contributed by atoms with Crippen LogP contribution in [0.25, 0.3) is 0 Å². The fourth-order valence-corrected chi connectivity index (χ4v) is 5.90. The first-order valence-electron chi connectivity index (χ1n) is 12.6. The Labute approximate surface area is 245 Å². The van der Waals surface area contributed by atoms with Crippen molar-refractivity contribution in [3.8, 4) is 5.75 Å². The van der Waals surface area contributed by atoms with Gasteiger partial charge in [-0.25, -0.2) is 8.42 Å². The number of aryl methyl sites for hydroxylation is 1. The maximum Gasteiger partial charge on any atom is 0.264 e. The second-order valence-corrected chi connectivity index (χ2v) is 12.3. The number of methoxy groups -OCH3 is 1.